The molecule has 0 bridgehead atoms. The highest BCUT2D eigenvalue weighted by Crippen LogP contribution is 2.41. The minimum atomic E-state index is -3.02. The molecule has 10 heteroatoms. The summed E-state index contributed by atoms with van der Waals surface area (Å²) >= 11 is 1.12. The zero-order valence-electron chi connectivity index (χ0n) is 22.7. The number of fused-ring (bicyclic) bond motifs is 2. The number of ether oxygens (including phenoxy) is 3. The molecule has 1 atom stereocenters. The quantitative estimate of drug-likeness (QED) is 0.251. The van der Waals surface area contributed by atoms with E-state index in [-0.39, 0.29) is 22.5 Å². The maximum atomic E-state index is 14.1. The Bertz CT molecular complexity index is 1830. The largest absolute Gasteiger partial charge is 0.496 e. The first kappa shape index (κ1) is 28.2. The molecule has 3 aromatic carbocycles. The number of carbonyl (C=O) groups is 1. The number of benzene rings is 3. The molecule has 0 unspecified atom stereocenters. The van der Waals surface area contributed by atoms with E-state index in [1.807, 2.05) is 43.3 Å². The van der Waals surface area contributed by atoms with E-state index in [4.69, 9.17) is 14.5 Å². The zero-order valence-corrected chi connectivity index (χ0v) is 23.5. The van der Waals surface area contributed by atoms with Gasteiger partial charge in [-0.3, -0.25) is 9.36 Å². The van der Waals surface area contributed by atoms with Crippen LogP contribution in [0.2, 0.25) is 0 Å². The number of halogens is 2. The van der Waals surface area contributed by atoms with Gasteiger partial charge in [0.05, 0.1) is 29.5 Å². The molecular weight excluding hydrogens is 550 g/mol. The number of alkyl halides is 2. The summed E-state index contributed by atoms with van der Waals surface area (Å²) in [7, 11) is 1.54. The minimum absolute atomic E-state index is 0.0560. The molecule has 0 saturated carbocycles. The Labute approximate surface area is 238 Å². The number of aromatic nitrogens is 1. The second-order valence-corrected chi connectivity index (χ2v) is 10.2. The second kappa shape index (κ2) is 12.1. The van der Waals surface area contributed by atoms with E-state index in [0.29, 0.717) is 40.2 Å². The lowest BCUT2D eigenvalue weighted by Crippen LogP contribution is -2.40. The first-order valence-corrected chi connectivity index (χ1v) is 14.0. The topological polar surface area (TPSA) is 79.1 Å². The number of methoxy groups -OCH3 is 1. The van der Waals surface area contributed by atoms with E-state index in [2.05, 4.69) is 4.74 Å². The smallest absolute Gasteiger partial charge is 0.387 e. The molecule has 1 aliphatic heterocycles. The van der Waals surface area contributed by atoms with Gasteiger partial charge in [0, 0.05) is 11.1 Å². The molecule has 1 aliphatic rings. The summed E-state index contributed by atoms with van der Waals surface area (Å²) in [5.74, 6) is -0.123. The van der Waals surface area contributed by atoms with E-state index in [9.17, 15) is 18.4 Å². The van der Waals surface area contributed by atoms with Gasteiger partial charge in [0.2, 0.25) is 0 Å². The lowest BCUT2D eigenvalue weighted by Gasteiger charge is -2.28. The number of rotatable bonds is 9. The lowest BCUT2D eigenvalue weighted by atomic mass is 9.90. The van der Waals surface area contributed by atoms with Gasteiger partial charge in [-0.1, -0.05) is 73.2 Å². The molecular formula is C31H28F2N2O5S. The van der Waals surface area contributed by atoms with Crippen molar-refractivity contribution < 1.29 is 27.8 Å². The van der Waals surface area contributed by atoms with Gasteiger partial charge < -0.3 is 14.2 Å². The number of allylic oxidation sites excluding steroid dienone is 1. The molecule has 0 saturated heterocycles. The first-order chi connectivity index (χ1) is 19.9. The maximum Gasteiger partial charge on any atom is 0.387 e. The minimum Gasteiger partial charge on any atom is -0.496 e. The molecule has 5 rings (SSSR count). The number of nitrogens with zero attached hydrogens (tertiary/aromatic N) is 2. The van der Waals surface area contributed by atoms with Crippen LogP contribution in [0.1, 0.15) is 43.9 Å². The van der Waals surface area contributed by atoms with Crippen LogP contribution in [0.3, 0.4) is 0 Å². The number of thiazole rings is 1. The Balaban J connectivity index is 1.85. The van der Waals surface area contributed by atoms with Crippen LogP contribution >= 0.6 is 11.3 Å². The van der Waals surface area contributed by atoms with Crippen molar-refractivity contribution in [3.05, 3.63) is 103 Å². The molecule has 0 radical (unpaired) electrons. The van der Waals surface area contributed by atoms with E-state index in [0.717, 1.165) is 22.1 Å². The van der Waals surface area contributed by atoms with E-state index >= 15 is 0 Å². The standard InChI is InChI=1S/C31H28F2N2O5S/c1-4-10-21-26(29(37)39-5-2)27(25-20-13-8-6-11-18(20)15-16-23(25)38-3)35-28(36)24(41-31(35)34-21)17-19-12-7-9-14-22(19)40-30(32)33/h6-9,11-17,27,30H,4-5,10H2,1-3H3/b24-17+/t27-/m1/s1. The molecule has 41 heavy (non-hydrogen) atoms. The molecule has 4 aromatic rings. The van der Waals surface area contributed by atoms with Crippen molar-refractivity contribution in [2.45, 2.75) is 39.3 Å². The highest BCUT2D eigenvalue weighted by Gasteiger charge is 2.37. The second-order valence-electron chi connectivity index (χ2n) is 9.23. The predicted molar refractivity (Wildman–Crippen MR) is 153 cm³/mol. The Morgan fingerprint density at radius 2 is 1.83 bits per heavy atom. The number of esters is 1. The van der Waals surface area contributed by atoms with Gasteiger partial charge in [-0.05, 0) is 42.3 Å². The van der Waals surface area contributed by atoms with E-state index in [1.54, 1.807) is 25.1 Å². The highest BCUT2D eigenvalue weighted by molar-refractivity contribution is 7.07. The molecule has 2 heterocycles. The SMILES string of the molecule is CCCC1=C(C(=O)OCC)[C@@H](c2c(OC)ccc3ccccc23)n2c(s/c(=C/c3ccccc3OC(F)F)c2=O)=N1. The first-order valence-electron chi connectivity index (χ1n) is 13.2. The molecule has 0 aliphatic carbocycles. The average Bonchev–Trinajstić information content (AvgIpc) is 3.27. The Morgan fingerprint density at radius 3 is 2.56 bits per heavy atom. The molecule has 1 aromatic heterocycles. The van der Waals surface area contributed by atoms with Crippen LogP contribution in [-0.4, -0.2) is 30.9 Å². The van der Waals surface area contributed by atoms with Gasteiger partial charge in [-0.25, -0.2) is 9.79 Å². The number of hydrogen-bond acceptors (Lipinski definition) is 7. The zero-order chi connectivity index (χ0) is 29.1. The lowest BCUT2D eigenvalue weighted by molar-refractivity contribution is -0.139. The van der Waals surface area contributed by atoms with Crippen LogP contribution < -0.4 is 24.4 Å². The Morgan fingerprint density at radius 1 is 1.07 bits per heavy atom. The van der Waals surface area contributed by atoms with Crippen molar-refractivity contribution in [1.82, 2.24) is 4.57 Å². The summed E-state index contributed by atoms with van der Waals surface area (Å²) in [6, 6.07) is 16.7. The Kier molecular flexibility index (Phi) is 8.30. The third-order valence-electron chi connectivity index (χ3n) is 6.74. The van der Waals surface area contributed by atoms with Gasteiger partial charge in [0.1, 0.15) is 17.5 Å². The van der Waals surface area contributed by atoms with Gasteiger partial charge in [0.25, 0.3) is 5.56 Å². The summed E-state index contributed by atoms with van der Waals surface area (Å²) < 4.78 is 43.8. The molecule has 0 spiro atoms. The summed E-state index contributed by atoms with van der Waals surface area (Å²) in [5, 5.41) is 1.71. The van der Waals surface area contributed by atoms with Crippen molar-refractivity contribution >= 4 is 34.2 Å². The van der Waals surface area contributed by atoms with Gasteiger partial charge >= 0.3 is 12.6 Å². The molecule has 0 N–H and O–H groups in total. The average molecular weight is 579 g/mol. The van der Waals surface area contributed by atoms with Crippen molar-refractivity contribution in [3.8, 4) is 11.5 Å². The van der Waals surface area contributed by atoms with Crippen molar-refractivity contribution in [2.75, 3.05) is 13.7 Å². The number of hydrogen-bond donors (Lipinski definition) is 0. The fourth-order valence-corrected chi connectivity index (χ4v) is 6.08. The Hall–Kier alpha value is -4.31. The van der Waals surface area contributed by atoms with Crippen LogP contribution in [0, 0.1) is 0 Å². The van der Waals surface area contributed by atoms with Crippen molar-refractivity contribution in [3.63, 3.8) is 0 Å². The molecule has 7 nitrogen and oxygen atoms in total. The van der Waals surface area contributed by atoms with E-state index in [1.165, 1.54) is 23.8 Å². The van der Waals surface area contributed by atoms with Gasteiger partial charge in [-0.15, -0.1) is 0 Å². The molecule has 0 amide bonds. The molecule has 0 fully saturated rings. The van der Waals surface area contributed by atoms with Crippen LogP contribution in [-0.2, 0) is 9.53 Å². The van der Waals surface area contributed by atoms with Crippen LogP contribution in [0.25, 0.3) is 16.8 Å². The normalized spacial score (nSPS) is 15.2. The predicted octanol–water partition coefficient (Wildman–Crippen LogP) is 5.34. The maximum absolute atomic E-state index is 14.1. The fraction of sp³-hybridized carbons (Fsp3) is 0.258. The third-order valence-corrected chi connectivity index (χ3v) is 7.72. The van der Waals surface area contributed by atoms with Crippen molar-refractivity contribution in [2.24, 2.45) is 4.99 Å². The summed E-state index contributed by atoms with van der Waals surface area (Å²) in [5.41, 5.74) is 1.31. The van der Waals surface area contributed by atoms with Crippen LogP contribution in [0.4, 0.5) is 8.78 Å². The monoisotopic (exact) mass is 578 g/mol. The fourth-order valence-electron chi connectivity index (χ4n) is 5.07. The summed E-state index contributed by atoms with van der Waals surface area (Å²) in [4.78, 5) is 32.9. The highest BCUT2D eigenvalue weighted by atomic mass is 32.1. The van der Waals surface area contributed by atoms with Crippen molar-refractivity contribution in [1.29, 1.82) is 0 Å². The van der Waals surface area contributed by atoms with E-state index < -0.39 is 24.2 Å². The van der Waals surface area contributed by atoms with Gasteiger partial charge in [0.15, 0.2) is 4.80 Å². The third kappa shape index (κ3) is 5.39. The number of para-hydroxylation sites is 1. The van der Waals surface area contributed by atoms with Crippen LogP contribution in [0.5, 0.6) is 11.5 Å². The summed E-state index contributed by atoms with van der Waals surface area (Å²) in [6.07, 6.45) is 2.69. The number of carbonyl (C=O) groups excluding carboxylic acids is 1. The van der Waals surface area contributed by atoms with Crippen LogP contribution in [0.15, 0.2) is 81.7 Å². The summed E-state index contributed by atoms with van der Waals surface area (Å²) in [6.45, 7) is 0.827. The molecule has 212 valence electrons. The van der Waals surface area contributed by atoms with Gasteiger partial charge in [-0.2, -0.15) is 8.78 Å².